The number of ketones is 1. The molecular formula is C25H23F2NO7S. The zero-order valence-corrected chi connectivity index (χ0v) is 20.3. The second-order valence-electron chi connectivity index (χ2n) is 8.22. The van der Waals surface area contributed by atoms with Gasteiger partial charge in [0.15, 0.2) is 24.2 Å². The number of carbonyl (C=O) groups excluding carboxylic acids is 2. The third-order valence-corrected chi connectivity index (χ3v) is 7.21. The molecule has 4 rings (SSSR count). The highest BCUT2D eigenvalue weighted by molar-refractivity contribution is 7.91. The molecule has 3 aromatic rings. The van der Waals surface area contributed by atoms with Crippen LogP contribution in [0, 0.1) is 13.8 Å². The predicted octanol–water partition coefficient (Wildman–Crippen LogP) is 3.98. The van der Waals surface area contributed by atoms with Crippen molar-refractivity contribution in [2.75, 3.05) is 13.2 Å². The van der Waals surface area contributed by atoms with Crippen LogP contribution in [0.15, 0.2) is 59.5 Å². The molecule has 2 heterocycles. The first-order valence-electron chi connectivity index (χ1n) is 11.0. The van der Waals surface area contributed by atoms with E-state index in [1.54, 1.807) is 13.0 Å². The Hall–Kier alpha value is -3.73. The van der Waals surface area contributed by atoms with E-state index in [9.17, 15) is 26.8 Å². The van der Waals surface area contributed by atoms with Crippen LogP contribution in [0.2, 0.25) is 0 Å². The van der Waals surface area contributed by atoms with E-state index in [2.05, 4.69) is 0 Å². The van der Waals surface area contributed by atoms with Crippen molar-refractivity contribution in [1.82, 2.24) is 4.57 Å². The number of ether oxygens (including phenoxy) is 3. The number of para-hydroxylation sites is 2. The van der Waals surface area contributed by atoms with E-state index in [1.807, 2.05) is 35.8 Å². The summed E-state index contributed by atoms with van der Waals surface area (Å²) >= 11 is 0. The molecule has 8 nitrogen and oxygen atoms in total. The minimum absolute atomic E-state index is 0.0729. The summed E-state index contributed by atoms with van der Waals surface area (Å²) in [6, 6.07) is 13.0. The van der Waals surface area contributed by atoms with E-state index < -0.39 is 38.8 Å². The molecule has 11 heteroatoms. The average Bonchev–Trinajstić information content (AvgIpc) is 3.15. The standard InChI is InChI=1S/C25H23F2NO7S/c1-15-11-20(16(2)28(15)12-18-13-33-22-5-3-4-6-23(22)35-18)21(29)14-34-24(30)17-7-9-19(10-8-17)36(31,32)25(26)27/h3-11,18,25H,12-14H2,1-2H3/t18-/m1/s1. The fraction of sp³-hybridized carbons (Fsp3) is 0.280. The minimum Gasteiger partial charge on any atom is -0.486 e. The molecule has 0 amide bonds. The molecule has 0 radical (unpaired) electrons. The fourth-order valence-electron chi connectivity index (χ4n) is 3.90. The Balaban J connectivity index is 1.39. The van der Waals surface area contributed by atoms with Crippen molar-refractivity contribution in [3.8, 4) is 11.5 Å². The van der Waals surface area contributed by atoms with Crippen LogP contribution in [-0.4, -0.2) is 49.8 Å². The smallest absolute Gasteiger partial charge is 0.341 e. The summed E-state index contributed by atoms with van der Waals surface area (Å²) in [6.45, 7) is 3.89. The Morgan fingerprint density at radius 1 is 1.08 bits per heavy atom. The first-order valence-corrected chi connectivity index (χ1v) is 12.5. The number of aryl methyl sites for hydroxylation is 1. The van der Waals surface area contributed by atoms with Gasteiger partial charge < -0.3 is 18.8 Å². The second kappa shape index (κ2) is 10.1. The van der Waals surface area contributed by atoms with Gasteiger partial charge in [-0.15, -0.1) is 0 Å². The van der Waals surface area contributed by atoms with Gasteiger partial charge in [-0.25, -0.2) is 13.2 Å². The van der Waals surface area contributed by atoms with Crippen LogP contribution < -0.4 is 9.47 Å². The summed E-state index contributed by atoms with van der Waals surface area (Å²) in [5.41, 5.74) is 1.81. The third-order valence-electron chi connectivity index (χ3n) is 5.82. The molecular weight excluding hydrogens is 496 g/mol. The quantitative estimate of drug-likeness (QED) is 0.328. The number of rotatable bonds is 8. The summed E-state index contributed by atoms with van der Waals surface area (Å²) in [5.74, 6) is -3.55. The first kappa shape index (κ1) is 25.4. The molecule has 0 N–H and O–H groups in total. The van der Waals surface area contributed by atoms with Crippen LogP contribution >= 0.6 is 0 Å². The van der Waals surface area contributed by atoms with Crippen molar-refractivity contribution in [3.63, 3.8) is 0 Å². The van der Waals surface area contributed by atoms with Crippen molar-refractivity contribution in [2.24, 2.45) is 0 Å². The molecule has 1 aromatic heterocycles. The van der Waals surface area contributed by atoms with Crippen LogP contribution in [0.1, 0.15) is 32.1 Å². The van der Waals surface area contributed by atoms with Crippen molar-refractivity contribution >= 4 is 21.6 Å². The Bertz CT molecular complexity index is 1400. The number of Topliss-reactive ketones (excluding diaryl/α,β-unsaturated/α-hetero) is 1. The molecule has 0 spiro atoms. The van der Waals surface area contributed by atoms with Crippen LogP contribution in [-0.2, 0) is 21.1 Å². The van der Waals surface area contributed by atoms with Crippen molar-refractivity contribution in [3.05, 3.63) is 77.1 Å². The minimum atomic E-state index is -4.77. The molecule has 0 unspecified atom stereocenters. The number of nitrogens with zero attached hydrogens (tertiary/aromatic N) is 1. The number of fused-ring (bicyclic) bond motifs is 1. The maximum absolute atomic E-state index is 12.8. The number of hydrogen-bond donors (Lipinski definition) is 0. The number of hydrogen-bond acceptors (Lipinski definition) is 7. The van der Waals surface area contributed by atoms with Crippen LogP contribution in [0.5, 0.6) is 11.5 Å². The summed E-state index contributed by atoms with van der Waals surface area (Å²) in [7, 11) is -4.77. The summed E-state index contributed by atoms with van der Waals surface area (Å²) < 4.78 is 67.1. The zero-order valence-electron chi connectivity index (χ0n) is 19.4. The van der Waals surface area contributed by atoms with E-state index in [0.717, 1.165) is 30.0 Å². The molecule has 2 aromatic carbocycles. The molecule has 0 saturated heterocycles. The maximum atomic E-state index is 12.8. The van der Waals surface area contributed by atoms with Crippen molar-refractivity contribution in [1.29, 1.82) is 0 Å². The SMILES string of the molecule is Cc1cc(C(=O)COC(=O)c2ccc(S(=O)(=O)C(F)F)cc2)c(C)n1C[C@@H]1COc2ccccc2O1. The number of carbonyl (C=O) groups is 2. The molecule has 0 fully saturated rings. The Morgan fingerprint density at radius 3 is 2.42 bits per heavy atom. The number of benzene rings is 2. The average molecular weight is 520 g/mol. The van der Waals surface area contributed by atoms with Gasteiger partial charge in [-0.3, -0.25) is 4.79 Å². The summed E-state index contributed by atoms with van der Waals surface area (Å²) in [5, 5.41) is 0. The lowest BCUT2D eigenvalue weighted by Gasteiger charge is -2.27. The van der Waals surface area contributed by atoms with Gasteiger partial charge in [0.2, 0.25) is 15.6 Å². The molecule has 0 saturated carbocycles. The second-order valence-corrected chi connectivity index (χ2v) is 10.1. The highest BCUT2D eigenvalue weighted by Gasteiger charge is 2.27. The van der Waals surface area contributed by atoms with Crippen LogP contribution in [0.4, 0.5) is 8.78 Å². The van der Waals surface area contributed by atoms with Gasteiger partial charge >= 0.3 is 11.7 Å². The van der Waals surface area contributed by atoms with Gasteiger partial charge in [0, 0.05) is 17.0 Å². The highest BCUT2D eigenvalue weighted by Crippen LogP contribution is 2.31. The van der Waals surface area contributed by atoms with E-state index >= 15 is 0 Å². The van der Waals surface area contributed by atoms with E-state index in [-0.39, 0.29) is 11.7 Å². The first-order chi connectivity index (χ1) is 17.1. The molecule has 0 aliphatic carbocycles. The maximum Gasteiger partial charge on any atom is 0.341 e. The van der Waals surface area contributed by atoms with Gasteiger partial charge in [0.1, 0.15) is 6.61 Å². The fourth-order valence-corrected chi connectivity index (χ4v) is 4.62. The van der Waals surface area contributed by atoms with Crippen molar-refractivity contribution in [2.45, 2.75) is 37.1 Å². The van der Waals surface area contributed by atoms with Gasteiger partial charge in [0.05, 0.1) is 17.0 Å². The lowest BCUT2D eigenvalue weighted by atomic mass is 10.1. The number of aromatic nitrogens is 1. The van der Waals surface area contributed by atoms with E-state index in [1.165, 1.54) is 0 Å². The van der Waals surface area contributed by atoms with Crippen LogP contribution in [0.3, 0.4) is 0 Å². The largest absolute Gasteiger partial charge is 0.486 e. The molecule has 1 atom stereocenters. The molecule has 190 valence electrons. The van der Waals surface area contributed by atoms with Gasteiger partial charge in [-0.1, -0.05) is 12.1 Å². The summed E-state index contributed by atoms with van der Waals surface area (Å²) in [6.07, 6.45) is -0.262. The van der Waals surface area contributed by atoms with E-state index in [0.29, 0.717) is 35.9 Å². The lowest BCUT2D eigenvalue weighted by molar-refractivity contribution is 0.0474. The van der Waals surface area contributed by atoms with E-state index in [4.69, 9.17) is 14.2 Å². The lowest BCUT2D eigenvalue weighted by Crippen LogP contribution is -2.33. The Morgan fingerprint density at radius 2 is 1.75 bits per heavy atom. The highest BCUT2D eigenvalue weighted by atomic mass is 32.2. The summed E-state index contributed by atoms with van der Waals surface area (Å²) in [4.78, 5) is 24.4. The topological polar surface area (TPSA) is 101 Å². The molecule has 0 bridgehead atoms. The van der Waals surface area contributed by atoms with Crippen LogP contribution in [0.25, 0.3) is 0 Å². The molecule has 1 aliphatic heterocycles. The normalized spacial score (nSPS) is 15.1. The Kier molecular flexibility index (Phi) is 7.11. The monoisotopic (exact) mass is 519 g/mol. The van der Waals surface area contributed by atoms with Gasteiger partial charge in [0.25, 0.3) is 0 Å². The number of esters is 1. The molecule has 36 heavy (non-hydrogen) atoms. The predicted molar refractivity (Wildman–Crippen MR) is 125 cm³/mol. The van der Waals surface area contributed by atoms with Gasteiger partial charge in [-0.05, 0) is 56.3 Å². The number of halogens is 2. The molecule has 1 aliphatic rings. The van der Waals surface area contributed by atoms with Gasteiger partial charge in [-0.2, -0.15) is 8.78 Å². The number of alkyl halides is 2. The van der Waals surface area contributed by atoms with Crippen molar-refractivity contribution < 1.29 is 41.0 Å². The zero-order chi connectivity index (χ0) is 26.0. The Labute approximate surface area is 206 Å². The number of sulfone groups is 1. The third kappa shape index (κ3) is 5.11.